The van der Waals surface area contributed by atoms with Crippen LogP contribution in [-0.4, -0.2) is 12.3 Å². The van der Waals surface area contributed by atoms with E-state index in [1.807, 2.05) is 17.8 Å². The molecule has 1 nitrogen and oxygen atoms in total. The van der Waals surface area contributed by atoms with Crippen LogP contribution in [-0.2, 0) is 5.75 Å². The fourth-order valence-corrected chi connectivity index (χ4v) is 2.58. The molecule has 1 aliphatic heterocycles. The summed E-state index contributed by atoms with van der Waals surface area (Å²) in [5.41, 5.74) is 2.58. The quantitative estimate of drug-likeness (QED) is 0.709. The standard InChI is InChI=1S/C10H12ClNS/c11-9-2-3-10-8(6-9)7-13-5-1-4-12-10/h2-3,6,12H,1,4-5,7H2. The second-order valence-corrected chi connectivity index (χ2v) is 4.68. The SMILES string of the molecule is Clc1ccc2c(c1)CSCCCN2. The molecule has 0 bridgehead atoms. The lowest BCUT2D eigenvalue weighted by molar-refractivity contribution is 0.981. The number of rotatable bonds is 0. The average molecular weight is 214 g/mol. The third kappa shape index (κ3) is 2.32. The van der Waals surface area contributed by atoms with Gasteiger partial charge >= 0.3 is 0 Å². The van der Waals surface area contributed by atoms with E-state index < -0.39 is 0 Å². The maximum absolute atomic E-state index is 5.93. The van der Waals surface area contributed by atoms with Crippen LogP contribution in [0.1, 0.15) is 12.0 Å². The molecule has 2 rings (SSSR count). The molecule has 0 saturated heterocycles. The van der Waals surface area contributed by atoms with Gasteiger partial charge in [-0.05, 0) is 35.9 Å². The van der Waals surface area contributed by atoms with Gasteiger partial charge in [0, 0.05) is 23.0 Å². The summed E-state index contributed by atoms with van der Waals surface area (Å²) >= 11 is 7.92. The summed E-state index contributed by atoms with van der Waals surface area (Å²) in [5.74, 6) is 2.31. The Hall–Kier alpha value is -0.340. The number of fused-ring (bicyclic) bond motifs is 1. The van der Waals surface area contributed by atoms with Crippen molar-refractivity contribution < 1.29 is 0 Å². The minimum absolute atomic E-state index is 0.835. The first-order valence-corrected chi connectivity index (χ1v) is 5.99. The molecule has 0 amide bonds. The minimum atomic E-state index is 0.835. The molecule has 0 spiro atoms. The van der Waals surface area contributed by atoms with Gasteiger partial charge < -0.3 is 5.32 Å². The zero-order valence-corrected chi connectivity index (χ0v) is 8.92. The summed E-state index contributed by atoms with van der Waals surface area (Å²) in [7, 11) is 0. The van der Waals surface area contributed by atoms with Crippen LogP contribution in [0.5, 0.6) is 0 Å². The van der Waals surface area contributed by atoms with Crippen molar-refractivity contribution in [2.45, 2.75) is 12.2 Å². The molecule has 0 aliphatic carbocycles. The van der Waals surface area contributed by atoms with Crippen molar-refractivity contribution >= 4 is 29.1 Å². The lowest BCUT2D eigenvalue weighted by atomic mass is 10.2. The van der Waals surface area contributed by atoms with Crippen LogP contribution < -0.4 is 5.32 Å². The van der Waals surface area contributed by atoms with Crippen molar-refractivity contribution in [1.29, 1.82) is 0 Å². The number of thioether (sulfide) groups is 1. The highest BCUT2D eigenvalue weighted by Crippen LogP contribution is 2.26. The van der Waals surface area contributed by atoms with E-state index in [1.54, 1.807) is 0 Å². The summed E-state index contributed by atoms with van der Waals surface area (Å²) in [6.07, 6.45) is 1.24. The van der Waals surface area contributed by atoms with Gasteiger partial charge in [0.25, 0.3) is 0 Å². The molecule has 1 N–H and O–H groups in total. The smallest absolute Gasteiger partial charge is 0.0410 e. The molecule has 0 atom stereocenters. The van der Waals surface area contributed by atoms with Crippen molar-refractivity contribution in [3.8, 4) is 0 Å². The van der Waals surface area contributed by atoms with E-state index in [9.17, 15) is 0 Å². The molecule has 0 aromatic heterocycles. The molecule has 1 aliphatic rings. The molecule has 1 aromatic carbocycles. The van der Waals surface area contributed by atoms with Gasteiger partial charge in [-0.2, -0.15) is 11.8 Å². The third-order valence-corrected chi connectivity index (χ3v) is 3.43. The molecule has 70 valence electrons. The Balaban J connectivity index is 2.28. The number of halogens is 1. The normalized spacial score (nSPS) is 16.7. The highest BCUT2D eigenvalue weighted by atomic mass is 35.5. The summed E-state index contributed by atoms with van der Waals surface area (Å²) in [6, 6.07) is 6.07. The maximum atomic E-state index is 5.93. The van der Waals surface area contributed by atoms with Crippen LogP contribution in [0.3, 0.4) is 0 Å². The van der Waals surface area contributed by atoms with Gasteiger partial charge in [0.15, 0.2) is 0 Å². The Morgan fingerprint density at radius 2 is 2.31 bits per heavy atom. The summed E-state index contributed by atoms with van der Waals surface area (Å²) in [6.45, 7) is 1.07. The van der Waals surface area contributed by atoms with Gasteiger partial charge in [0.2, 0.25) is 0 Å². The van der Waals surface area contributed by atoms with Crippen molar-refractivity contribution in [2.75, 3.05) is 17.6 Å². The Morgan fingerprint density at radius 1 is 1.38 bits per heavy atom. The summed E-state index contributed by atoms with van der Waals surface area (Å²) < 4.78 is 0. The largest absolute Gasteiger partial charge is 0.385 e. The van der Waals surface area contributed by atoms with E-state index in [2.05, 4.69) is 17.4 Å². The van der Waals surface area contributed by atoms with Gasteiger partial charge in [-0.1, -0.05) is 11.6 Å². The highest BCUT2D eigenvalue weighted by molar-refractivity contribution is 7.98. The topological polar surface area (TPSA) is 12.0 Å². The summed E-state index contributed by atoms with van der Waals surface area (Å²) in [4.78, 5) is 0. The average Bonchev–Trinajstić information content (AvgIpc) is 2.08. The second kappa shape index (κ2) is 4.25. The maximum Gasteiger partial charge on any atom is 0.0410 e. The van der Waals surface area contributed by atoms with Crippen molar-refractivity contribution in [1.82, 2.24) is 0 Å². The van der Waals surface area contributed by atoms with E-state index in [0.717, 1.165) is 17.3 Å². The van der Waals surface area contributed by atoms with Crippen molar-refractivity contribution in [3.05, 3.63) is 28.8 Å². The monoisotopic (exact) mass is 213 g/mol. The lowest BCUT2D eigenvalue weighted by Gasteiger charge is -2.15. The first kappa shape index (κ1) is 9.22. The second-order valence-electron chi connectivity index (χ2n) is 3.13. The van der Waals surface area contributed by atoms with Crippen LogP contribution >= 0.6 is 23.4 Å². The highest BCUT2D eigenvalue weighted by Gasteiger charge is 2.05. The Labute approximate surface area is 87.9 Å². The van der Waals surface area contributed by atoms with Crippen molar-refractivity contribution in [3.63, 3.8) is 0 Å². The van der Waals surface area contributed by atoms with Gasteiger partial charge in [-0.15, -0.1) is 0 Å². The molecule has 1 aromatic rings. The third-order valence-electron chi connectivity index (χ3n) is 2.11. The molecule has 3 heteroatoms. The molecular weight excluding hydrogens is 202 g/mol. The number of anilines is 1. The first-order valence-electron chi connectivity index (χ1n) is 4.46. The van der Waals surface area contributed by atoms with Crippen LogP contribution in [0.4, 0.5) is 5.69 Å². The number of hydrogen-bond acceptors (Lipinski definition) is 2. The number of hydrogen-bond donors (Lipinski definition) is 1. The predicted octanol–water partition coefficient (Wildman–Crippen LogP) is 3.39. The van der Waals surface area contributed by atoms with Crippen LogP contribution in [0.25, 0.3) is 0 Å². The Kier molecular flexibility index (Phi) is 3.01. The predicted molar refractivity (Wildman–Crippen MR) is 60.7 cm³/mol. The molecule has 13 heavy (non-hydrogen) atoms. The molecular formula is C10H12ClNS. The molecule has 1 heterocycles. The first-order chi connectivity index (χ1) is 6.36. The fraction of sp³-hybridized carbons (Fsp3) is 0.400. The van der Waals surface area contributed by atoms with Gasteiger partial charge in [0.1, 0.15) is 0 Å². The lowest BCUT2D eigenvalue weighted by Crippen LogP contribution is -2.07. The van der Waals surface area contributed by atoms with Crippen LogP contribution in [0, 0.1) is 0 Å². The van der Waals surface area contributed by atoms with E-state index in [4.69, 9.17) is 11.6 Å². The minimum Gasteiger partial charge on any atom is -0.385 e. The van der Waals surface area contributed by atoms with Gasteiger partial charge in [0.05, 0.1) is 0 Å². The number of benzene rings is 1. The van der Waals surface area contributed by atoms with Gasteiger partial charge in [-0.3, -0.25) is 0 Å². The molecule has 0 unspecified atom stereocenters. The Bertz CT molecular complexity index is 301. The van der Waals surface area contributed by atoms with Crippen LogP contribution in [0.2, 0.25) is 5.02 Å². The van der Waals surface area contributed by atoms with E-state index in [0.29, 0.717) is 0 Å². The van der Waals surface area contributed by atoms with Crippen molar-refractivity contribution in [2.24, 2.45) is 0 Å². The molecule has 0 fully saturated rings. The van der Waals surface area contributed by atoms with E-state index in [1.165, 1.54) is 23.4 Å². The van der Waals surface area contributed by atoms with E-state index >= 15 is 0 Å². The fourth-order valence-electron chi connectivity index (χ4n) is 1.43. The van der Waals surface area contributed by atoms with Gasteiger partial charge in [-0.25, -0.2) is 0 Å². The zero-order chi connectivity index (χ0) is 9.10. The molecule has 0 radical (unpaired) electrons. The number of nitrogens with one attached hydrogen (secondary N) is 1. The Morgan fingerprint density at radius 3 is 3.23 bits per heavy atom. The molecule has 0 saturated carbocycles. The van der Waals surface area contributed by atoms with Crippen LogP contribution in [0.15, 0.2) is 18.2 Å². The zero-order valence-electron chi connectivity index (χ0n) is 7.35. The van der Waals surface area contributed by atoms with E-state index in [-0.39, 0.29) is 0 Å². The summed E-state index contributed by atoms with van der Waals surface area (Å²) in [5, 5.41) is 4.26.